The molecule has 1 fully saturated rings. The fourth-order valence-corrected chi connectivity index (χ4v) is 3.39. The van der Waals surface area contributed by atoms with Crippen LogP contribution in [0.15, 0.2) is 34.8 Å². The molecule has 1 unspecified atom stereocenters. The lowest BCUT2D eigenvalue weighted by Crippen LogP contribution is -2.45. The Morgan fingerprint density at radius 2 is 2.10 bits per heavy atom. The molecule has 1 saturated heterocycles. The van der Waals surface area contributed by atoms with E-state index in [-0.39, 0.29) is 0 Å². The van der Waals surface area contributed by atoms with Gasteiger partial charge in [0.1, 0.15) is 0 Å². The predicted molar refractivity (Wildman–Crippen MR) is 88.1 cm³/mol. The van der Waals surface area contributed by atoms with Crippen LogP contribution in [0, 0.1) is 6.92 Å². The summed E-state index contributed by atoms with van der Waals surface area (Å²) in [5.74, 6) is 0. The Hall–Kier alpha value is -1.17. The molecule has 4 nitrogen and oxygen atoms in total. The predicted octanol–water partition coefficient (Wildman–Crippen LogP) is 2.64. The average molecular weight is 349 g/mol. The molecule has 0 bridgehead atoms. The van der Waals surface area contributed by atoms with E-state index in [1.54, 1.807) is 0 Å². The van der Waals surface area contributed by atoms with Gasteiger partial charge in [0.15, 0.2) is 0 Å². The van der Waals surface area contributed by atoms with Gasteiger partial charge >= 0.3 is 0 Å². The molecular weight excluding hydrogens is 328 g/mol. The van der Waals surface area contributed by atoms with Crippen molar-refractivity contribution in [2.45, 2.75) is 19.5 Å². The molecule has 1 aliphatic rings. The van der Waals surface area contributed by atoms with Gasteiger partial charge < -0.3 is 5.32 Å². The van der Waals surface area contributed by atoms with Gasteiger partial charge in [-0.2, -0.15) is 5.10 Å². The van der Waals surface area contributed by atoms with Crippen LogP contribution in [0.4, 0.5) is 0 Å². The minimum atomic E-state index is 0.410. The molecule has 5 heteroatoms. The van der Waals surface area contributed by atoms with Gasteiger partial charge in [-0.15, -0.1) is 0 Å². The highest BCUT2D eigenvalue weighted by Gasteiger charge is 2.22. The van der Waals surface area contributed by atoms with Crippen molar-refractivity contribution in [2.75, 3.05) is 19.6 Å². The zero-order valence-corrected chi connectivity index (χ0v) is 14.1. The van der Waals surface area contributed by atoms with Gasteiger partial charge in [0.05, 0.1) is 15.9 Å². The summed E-state index contributed by atoms with van der Waals surface area (Å²) in [6.45, 7) is 6.09. The van der Waals surface area contributed by atoms with Crippen molar-refractivity contribution in [2.24, 2.45) is 7.05 Å². The van der Waals surface area contributed by atoms with E-state index < -0.39 is 0 Å². The fourth-order valence-electron chi connectivity index (χ4n) is 2.93. The van der Waals surface area contributed by atoms with Crippen LogP contribution in [0.2, 0.25) is 0 Å². The zero-order chi connectivity index (χ0) is 14.8. The molecule has 1 aromatic carbocycles. The quantitative estimate of drug-likeness (QED) is 0.925. The number of aromatic nitrogens is 2. The average Bonchev–Trinajstić information content (AvgIpc) is 2.75. The third kappa shape index (κ3) is 3.20. The Labute approximate surface area is 134 Å². The SMILES string of the molecule is Cc1nn(C)c(CN2CCNC(c3ccccc3)C2)c1Br. The molecule has 1 atom stereocenters. The molecule has 1 aliphatic heterocycles. The first-order valence-corrected chi connectivity index (χ1v) is 8.13. The second-order valence-corrected chi connectivity index (χ2v) is 6.42. The molecule has 0 aliphatic carbocycles. The largest absolute Gasteiger partial charge is 0.308 e. The maximum atomic E-state index is 4.48. The summed E-state index contributed by atoms with van der Waals surface area (Å²) in [6.07, 6.45) is 0. The highest BCUT2D eigenvalue weighted by Crippen LogP contribution is 2.24. The van der Waals surface area contributed by atoms with Crippen molar-refractivity contribution >= 4 is 15.9 Å². The number of nitrogens with one attached hydrogen (secondary N) is 1. The molecule has 0 spiro atoms. The van der Waals surface area contributed by atoms with E-state index in [0.29, 0.717) is 6.04 Å². The molecule has 1 N–H and O–H groups in total. The maximum Gasteiger partial charge on any atom is 0.0739 e. The number of piperazine rings is 1. The Bertz CT molecular complexity index is 608. The van der Waals surface area contributed by atoms with Crippen LogP contribution in [0.25, 0.3) is 0 Å². The van der Waals surface area contributed by atoms with Gasteiger partial charge in [-0.3, -0.25) is 9.58 Å². The van der Waals surface area contributed by atoms with E-state index in [2.05, 4.69) is 61.6 Å². The number of halogens is 1. The van der Waals surface area contributed by atoms with Crippen LogP contribution in [0.5, 0.6) is 0 Å². The third-order valence-electron chi connectivity index (χ3n) is 4.10. The molecule has 112 valence electrons. The van der Waals surface area contributed by atoms with E-state index in [1.165, 1.54) is 11.3 Å². The van der Waals surface area contributed by atoms with Crippen molar-refractivity contribution in [3.63, 3.8) is 0 Å². The molecular formula is C16H21BrN4. The number of hydrogen-bond donors (Lipinski definition) is 1. The summed E-state index contributed by atoms with van der Waals surface area (Å²) in [4.78, 5) is 2.50. The molecule has 21 heavy (non-hydrogen) atoms. The lowest BCUT2D eigenvalue weighted by Gasteiger charge is -2.34. The van der Waals surface area contributed by atoms with Crippen LogP contribution < -0.4 is 5.32 Å². The first-order valence-electron chi connectivity index (χ1n) is 7.34. The van der Waals surface area contributed by atoms with E-state index in [0.717, 1.165) is 36.3 Å². The first-order chi connectivity index (χ1) is 10.1. The smallest absolute Gasteiger partial charge is 0.0739 e. The first kappa shape index (κ1) is 14.8. The number of aryl methyl sites for hydroxylation is 2. The highest BCUT2D eigenvalue weighted by molar-refractivity contribution is 9.10. The summed E-state index contributed by atoms with van der Waals surface area (Å²) in [7, 11) is 2.02. The number of rotatable bonds is 3. The Morgan fingerprint density at radius 3 is 2.76 bits per heavy atom. The van der Waals surface area contributed by atoms with Gasteiger partial charge in [-0.25, -0.2) is 0 Å². The Morgan fingerprint density at radius 1 is 1.33 bits per heavy atom. The van der Waals surface area contributed by atoms with Gasteiger partial charge in [-0.05, 0) is 28.4 Å². The number of hydrogen-bond acceptors (Lipinski definition) is 3. The summed E-state index contributed by atoms with van der Waals surface area (Å²) in [5.41, 5.74) is 3.67. The minimum Gasteiger partial charge on any atom is -0.308 e. The van der Waals surface area contributed by atoms with E-state index >= 15 is 0 Å². The summed E-state index contributed by atoms with van der Waals surface area (Å²) < 4.78 is 3.12. The number of benzene rings is 1. The summed E-state index contributed by atoms with van der Waals surface area (Å²) >= 11 is 3.66. The Kier molecular flexibility index (Phi) is 4.42. The standard InChI is InChI=1S/C16H21BrN4/c1-12-16(17)15(20(2)19-12)11-21-9-8-18-14(10-21)13-6-4-3-5-7-13/h3-7,14,18H,8-11H2,1-2H3. The van der Waals surface area contributed by atoms with Gasteiger partial charge in [0.2, 0.25) is 0 Å². The lowest BCUT2D eigenvalue weighted by atomic mass is 10.0. The molecule has 1 aromatic heterocycles. The lowest BCUT2D eigenvalue weighted by molar-refractivity contribution is 0.189. The monoisotopic (exact) mass is 348 g/mol. The van der Waals surface area contributed by atoms with Crippen molar-refractivity contribution in [1.82, 2.24) is 20.0 Å². The number of nitrogens with zero attached hydrogens (tertiary/aromatic N) is 3. The third-order valence-corrected chi connectivity index (χ3v) is 5.13. The van der Waals surface area contributed by atoms with E-state index in [1.807, 2.05) is 18.7 Å². The van der Waals surface area contributed by atoms with Crippen molar-refractivity contribution in [3.8, 4) is 0 Å². The van der Waals surface area contributed by atoms with Crippen LogP contribution in [-0.2, 0) is 13.6 Å². The highest BCUT2D eigenvalue weighted by atomic mass is 79.9. The molecule has 0 saturated carbocycles. The molecule has 0 radical (unpaired) electrons. The van der Waals surface area contributed by atoms with Crippen molar-refractivity contribution in [1.29, 1.82) is 0 Å². The zero-order valence-electron chi connectivity index (χ0n) is 12.5. The van der Waals surface area contributed by atoms with E-state index in [4.69, 9.17) is 0 Å². The van der Waals surface area contributed by atoms with Crippen LogP contribution in [0.1, 0.15) is 23.0 Å². The van der Waals surface area contributed by atoms with Crippen LogP contribution in [-0.4, -0.2) is 34.3 Å². The van der Waals surface area contributed by atoms with Gasteiger partial charge in [0.25, 0.3) is 0 Å². The molecule has 0 amide bonds. The summed E-state index contributed by atoms with van der Waals surface area (Å²) in [6, 6.07) is 11.1. The van der Waals surface area contributed by atoms with Crippen molar-refractivity contribution < 1.29 is 0 Å². The topological polar surface area (TPSA) is 33.1 Å². The van der Waals surface area contributed by atoms with Crippen LogP contribution >= 0.6 is 15.9 Å². The molecule has 3 rings (SSSR count). The molecule has 2 aromatic rings. The summed E-state index contributed by atoms with van der Waals surface area (Å²) in [5, 5.41) is 8.09. The second-order valence-electron chi connectivity index (χ2n) is 5.62. The fraction of sp³-hybridized carbons (Fsp3) is 0.438. The van der Waals surface area contributed by atoms with Gasteiger partial charge in [0, 0.05) is 39.3 Å². The molecule has 2 heterocycles. The maximum absolute atomic E-state index is 4.48. The van der Waals surface area contributed by atoms with Crippen molar-refractivity contribution in [3.05, 3.63) is 51.8 Å². The van der Waals surface area contributed by atoms with E-state index in [9.17, 15) is 0 Å². The van der Waals surface area contributed by atoms with Crippen LogP contribution in [0.3, 0.4) is 0 Å². The van der Waals surface area contributed by atoms with Gasteiger partial charge in [-0.1, -0.05) is 30.3 Å². The second kappa shape index (κ2) is 6.30. The Balaban J connectivity index is 1.72. The minimum absolute atomic E-state index is 0.410. The normalized spacial score (nSPS) is 19.9.